The van der Waals surface area contributed by atoms with Crippen LogP contribution in [0.4, 0.5) is 11.4 Å². The molecule has 0 aromatic heterocycles. The highest BCUT2D eigenvalue weighted by atomic mass is 16.6. The van der Waals surface area contributed by atoms with Gasteiger partial charge in [-0.2, -0.15) is 0 Å². The minimum absolute atomic E-state index is 0.00175. The summed E-state index contributed by atoms with van der Waals surface area (Å²) in [4.78, 5) is 20.6. The van der Waals surface area contributed by atoms with Gasteiger partial charge >= 0.3 is 0 Å². The van der Waals surface area contributed by atoms with Gasteiger partial charge in [0.25, 0.3) is 11.4 Å². The van der Waals surface area contributed by atoms with Crippen LogP contribution in [0.2, 0.25) is 0 Å². The minimum Gasteiger partial charge on any atom is -0.258 e. The number of nitrogens with zero attached hydrogens (tertiary/aromatic N) is 2. The largest absolute Gasteiger partial charge is 0.270 e. The van der Waals surface area contributed by atoms with Crippen molar-refractivity contribution in [1.29, 1.82) is 0 Å². The number of hydrogen-bond donors (Lipinski definition) is 0. The molecule has 0 fully saturated rings. The summed E-state index contributed by atoms with van der Waals surface area (Å²) < 4.78 is 0. The molecular formula is C13H8N2O4. The van der Waals surface area contributed by atoms with Crippen molar-refractivity contribution in [3.63, 3.8) is 0 Å². The van der Waals surface area contributed by atoms with Gasteiger partial charge in [0.05, 0.1) is 9.85 Å². The summed E-state index contributed by atoms with van der Waals surface area (Å²) in [5.41, 5.74) is 3.35. The van der Waals surface area contributed by atoms with E-state index in [1.807, 2.05) is 0 Å². The molecule has 2 aromatic carbocycles. The number of hydrogen-bond acceptors (Lipinski definition) is 4. The maximum absolute atomic E-state index is 10.8. The molecular weight excluding hydrogens is 248 g/mol. The van der Waals surface area contributed by atoms with Crippen LogP contribution >= 0.6 is 0 Å². The molecule has 0 amide bonds. The summed E-state index contributed by atoms with van der Waals surface area (Å²) >= 11 is 0. The molecule has 6 heteroatoms. The molecule has 0 unspecified atom stereocenters. The van der Waals surface area contributed by atoms with Crippen molar-refractivity contribution < 1.29 is 9.85 Å². The summed E-state index contributed by atoms with van der Waals surface area (Å²) in [6.45, 7) is 0. The van der Waals surface area contributed by atoms with Crippen LogP contribution in [0, 0.1) is 20.2 Å². The molecule has 1 aliphatic rings. The lowest BCUT2D eigenvalue weighted by molar-refractivity contribution is -0.385. The van der Waals surface area contributed by atoms with E-state index in [1.54, 1.807) is 12.1 Å². The van der Waals surface area contributed by atoms with Crippen LogP contribution in [0.3, 0.4) is 0 Å². The lowest BCUT2D eigenvalue weighted by Crippen LogP contribution is -1.90. The average Bonchev–Trinajstić information content (AvgIpc) is 2.75. The summed E-state index contributed by atoms with van der Waals surface area (Å²) in [7, 11) is 0. The average molecular weight is 256 g/mol. The highest BCUT2D eigenvalue weighted by Crippen LogP contribution is 2.40. The first kappa shape index (κ1) is 11.3. The molecule has 0 spiro atoms. The molecule has 1 aliphatic carbocycles. The normalized spacial score (nSPS) is 11.8. The highest BCUT2D eigenvalue weighted by Gasteiger charge is 2.23. The third kappa shape index (κ3) is 1.74. The zero-order valence-electron chi connectivity index (χ0n) is 9.70. The van der Waals surface area contributed by atoms with Crippen LogP contribution in [0.25, 0.3) is 11.1 Å². The van der Waals surface area contributed by atoms with Crippen LogP contribution in [-0.4, -0.2) is 9.85 Å². The van der Waals surface area contributed by atoms with E-state index in [1.165, 1.54) is 24.3 Å². The second kappa shape index (κ2) is 3.88. The Morgan fingerprint density at radius 2 is 1.21 bits per heavy atom. The summed E-state index contributed by atoms with van der Waals surface area (Å²) in [5, 5.41) is 21.6. The Morgan fingerprint density at radius 1 is 0.789 bits per heavy atom. The fraction of sp³-hybridized carbons (Fsp3) is 0.0769. The lowest BCUT2D eigenvalue weighted by Gasteiger charge is -2.00. The molecule has 0 aliphatic heterocycles. The maximum Gasteiger partial charge on any atom is 0.270 e. The predicted octanol–water partition coefficient (Wildman–Crippen LogP) is 3.07. The van der Waals surface area contributed by atoms with Gasteiger partial charge in [-0.25, -0.2) is 0 Å². The topological polar surface area (TPSA) is 86.3 Å². The third-order valence-electron chi connectivity index (χ3n) is 3.28. The van der Waals surface area contributed by atoms with E-state index in [0.717, 1.165) is 11.1 Å². The van der Waals surface area contributed by atoms with Crippen molar-refractivity contribution in [2.45, 2.75) is 6.42 Å². The van der Waals surface area contributed by atoms with E-state index >= 15 is 0 Å². The molecule has 0 radical (unpaired) electrons. The van der Waals surface area contributed by atoms with E-state index in [4.69, 9.17) is 0 Å². The number of fused-ring (bicyclic) bond motifs is 3. The van der Waals surface area contributed by atoms with Gasteiger partial charge in [-0.1, -0.05) is 12.1 Å². The molecule has 0 saturated heterocycles. The SMILES string of the molecule is O=[N+]([O-])c1ccc2c(c1)-c1cc([N+](=O)[O-])ccc1C2. The standard InChI is InChI=1S/C13H8N2O4/c16-14(17)10-3-1-8-5-9-2-4-11(15(18)19)7-13(9)12(8)6-10/h1-4,6-7H,5H2. The first-order chi connectivity index (χ1) is 9.06. The van der Waals surface area contributed by atoms with Crippen LogP contribution < -0.4 is 0 Å². The van der Waals surface area contributed by atoms with Crippen molar-refractivity contribution in [2.24, 2.45) is 0 Å². The first-order valence-corrected chi connectivity index (χ1v) is 5.61. The van der Waals surface area contributed by atoms with Crippen LogP contribution in [0.5, 0.6) is 0 Å². The van der Waals surface area contributed by atoms with Gasteiger partial charge in [-0.15, -0.1) is 0 Å². The van der Waals surface area contributed by atoms with Crippen molar-refractivity contribution in [1.82, 2.24) is 0 Å². The molecule has 6 nitrogen and oxygen atoms in total. The summed E-state index contributed by atoms with van der Waals surface area (Å²) in [6.07, 6.45) is 0.653. The number of nitro benzene ring substituents is 2. The molecule has 0 atom stereocenters. The predicted molar refractivity (Wildman–Crippen MR) is 68.0 cm³/mol. The Balaban J connectivity index is 2.19. The molecule has 0 N–H and O–H groups in total. The van der Waals surface area contributed by atoms with Gasteiger partial charge in [0, 0.05) is 24.3 Å². The minimum atomic E-state index is -0.463. The molecule has 3 rings (SSSR count). The zero-order valence-corrected chi connectivity index (χ0v) is 9.70. The molecule has 94 valence electrons. The number of benzene rings is 2. The third-order valence-corrected chi connectivity index (χ3v) is 3.28. The fourth-order valence-corrected chi connectivity index (χ4v) is 2.37. The Bertz CT molecular complexity index is 663. The van der Waals surface area contributed by atoms with Gasteiger partial charge < -0.3 is 0 Å². The number of nitro groups is 2. The van der Waals surface area contributed by atoms with E-state index in [0.29, 0.717) is 17.5 Å². The van der Waals surface area contributed by atoms with Crippen LogP contribution in [0.15, 0.2) is 36.4 Å². The molecule has 0 bridgehead atoms. The van der Waals surface area contributed by atoms with E-state index in [9.17, 15) is 20.2 Å². The van der Waals surface area contributed by atoms with Crippen molar-refractivity contribution in [2.75, 3.05) is 0 Å². The Morgan fingerprint density at radius 3 is 1.58 bits per heavy atom. The second-order valence-electron chi connectivity index (χ2n) is 4.37. The van der Waals surface area contributed by atoms with E-state index in [2.05, 4.69) is 0 Å². The van der Waals surface area contributed by atoms with Crippen LogP contribution in [-0.2, 0) is 6.42 Å². The maximum atomic E-state index is 10.8. The smallest absolute Gasteiger partial charge is 0.258 e. The second-order valence-corrected chi connectivity index (χ2v) is 4.37. The fourth-order valence-electron chi connectivity index (χ4n) is 2.37. The van der Waals surface area contributed by atoms with Crippen molar-refractivity contribution in [3.8, 4) is 11.1 Å². The number of rotatable bonds is 2. The zero-order chi connectivity index (χ0) is 13.6. The number of non-ortho nitro benzene ring substituents is 2. The highest BCUT2D eigenvalue weighted by molar-refractivity contribution is 5.80. The van der Waals surface area contributed by atoms with Crippen molar-refractivity contribution >= 4 is 11.4 Å². The molecule has 0 heterocycles. The van der Waals surface area contributed by atoms with Gasteiger partial charge in [-0.3, -0.25) is 20.2 Å². The van der Waals surface area contributed by atoms with Gasteiger partial charge in [0.15, 0.2) is 0 Å². The van der Waals surface area contributed by atoms with Gasteiger partial charge in [0.2, 0.25) is 0 Å². The molecule has 2 aromatic rings. The summed E-state index contributed by atoms with van der Waals surface area (Å²) in [6, 6.07) is 9.28. The quantitative estimate of drug-likeness (QED) is 0.520. The monoisotopic (exact) mass is 256 g/mol. The Labute approximate surface area is 107 Å². The summed E-state index contributed by atoms with van der Waals surface area (Å²) in [5.74, 6) is 0. The Hall–Kier alpha value is -2.76. The van der Waals surface area contributed by atoms with Gasteiger partial charge in [-0.05, 0) is 28.7 Å². The molecule has 0 saturated carbocycles. The van der Waals surface area contributed by atoms with Gasteiger partial charge in [0.1, 0.15) is 0 Å². The van der Waals surface area contributed by atoms with E-state index < -0.39 is 9.85 Å². The first-order valence-electron chi connectivity index (χ1n) is 5.61. The Kier molecular flexibility index (Phi) is 2.31. The van der Waals surface area contributed by atoms with Crippen LogP contribution in [0.1, 0.15) is 11.1 Å². The van der Waals surface area contributed by atoms with Crippen molar-refractivity contribution in [3.05, 3.63) is 67.8 Å². The lowest BCUT2D eigenvalue weighted by atomic mass is 10.0. The van der Waals surface area contributed by atoms with E-state index in [-0.39, 0.29) is 11.4 Å². The molecule has 19 heavy (non-hydrogen) atoms.